The van der Waals surface area contributed by atoms with Gasteiger partial charge in [0.1, 0.15) is 5.82 Å². The van der Waals surface area contributed by atoms with Gasteiger partial charge in [-0.1, -0.05) is 24.3 Å². The molecule has 2 aromatic carbocycles. The number of H-pyrrole nitrogens is 1. The molecule has 7 nitrogen and oxygen atoms in total. The first kappa shape index (κ1) is 15.2. The Kier molecular flexibility index (Phi) is 3.83. The Morgan fingerprint density at radius 3 is 2.76 bits per heavy atom. The van der Waals surface area contributed by atoms with Crippen molar-refractivity contribution >= 4 is 23.0 Å². The van der Waals surface area contributed by atoms with Gasteiger partial charge < -0.3 is 14.5 Å². The molecule has 0 fully saturated rings. The molecule has 7 heteroatoms. The highest BCUT2D eigenvalue weighted by atomic mass is 16.7. The average molecular weight is 337 g/mol. The monoisotopic (exact) mass is 337 g/mol. The highest BCUT2D eigenvalue weighted by molar-refractivity contribution is 5.90. The maximum atomic E-state index is 11.0. The molecule has 2 heterocycles. The molecule has 1 aliphatic rings. The topological polar surface area (TPSA) is 96.5 Å². The summed E-state index contributed by atoms with van der Waals surface area (Å²) < 4.78 is 10.7. The van der Waals surface area contributed by atoms with Crippen molar-refractivity contribution in [2.24, 2.45) is 0 Å². The molecular weight excluding hydrogens is 322 g/mol. The summed E-state index contributed by atoms with van der Waals surface area (Å²) in [5.41, 5.74) is 5.25. The first-order chi connectivity index (χ1) is 12.2. The zero-order chi connectivity index (χ0) is 17.2. The summed E-state index contributed by atoms with van der Waals surface area (Å²) in [6.07, 6.45) is 3.54. The summed E-state index contributed by atoms with van der Waals surface area (Å²) in [5.74, 6) is 1.73. The lowest BCUT2D eigenvalue weighted by atomic mass is 10.1. The second-order valence-electron chi connectivity index (χ2n) is 5.63. The minimum absolute atomic E-state index is 0.246. The van der Waals surface area contributed by atoms with Crippen molar-refractivity contribution in [1.29, 1.82) is 0 Å². The quantitative estimate of drug-likeness (QED) is 0.386. The Balaban J connectivity index is 1.51. The molecule has 3 N–H and O–H groups in total. The van der Waals surface area contributed by atoms with Crippen LogP contribution >= 0.6 is 0 Å². The van der Waals surface area contributed by atoms with E-state index in [-0.39, 0.29) is 6.79 Å². The fourth-order valence-corrected chi connectivity index (χ4v) is 2.69. The molecule has 0 unspecified atom stereocenters. The van der Waals surface area contributed by atoms with Crippen molar-refractivity contribution in [2.75, 3.05) is 6.79 Å². The van der Waals surface area contributed by atoms with Crippen LogP contribution in [0, 0.1) is 0 Å². The second kappa shape index (κ2) is 6.29. The first-order valence-corrected chi connectivity index (χ1v) is 7.70. The Hall–Kier alpha value is -3.32. The van der Waals surface area contributed by atoms with E-state index in [1.807, 2.05) is 36.4 Å². The molecule has 0 radical (unpaired) electrons. The number of hydrogen-bond acceptors (Lipinski definition) is 5. The van der Waals surface area contributed by atoms with Crippen molar-refractivity contribution in [3.05, 3.63) is 59.4 Å². The third kappa shape index (κ3) is 3.17. The van der Waals surface area contributed by atoms with Gasteiger partial charge in [0.05, 0.1) is 11.0 Å². The van der Waals surface area contributed by atoms with Crippen LogP contribution in [-0.2, 0) is 11.2 Å². The largest absolute Gasteiger partial charge is 0.454 e. The molecular formula is C18H15N3O4. The Morgan fingerprint density at radius 1 is 1.24 bits per heavy atom. The molecule has 0 spiro atoms. The first-order valence-electron chi connectivity index (χ1n) is 7.70. The normalized spacial score (nSPS) is 12.8. The molecule has 0 aliphatic carbocycles. The van der Waals surface area contributed by atoms with Crippen molar-refractivity contribution in [2.45, 2.75) is 6.42 Å². The van der Waals surface area contributed by atoms with Crippen molar-refractivity contribution in [3.8, 4) is 11.5 Å². The number of hydrogen-bond donors (Lipinski definition) is 3. The van der Waals surface area contributed by atoms with Crippen LogP contribution in [0.2, 0.25) is 0 Å². The lowest BCUT2D eigenvalue weighted by Gasteiger charge is -1.99. The third-order valence-corrected chi connectivity index (χ3v) is 3.91. The average Bonchev–Trinajstić information content (AvgIpc) is 3.23. The maximum absolute atomic E-state index is 11.0. The molecule has 4 rings (SSSR count). The number of nitrogens with one attached hydrogen (secondary N) is 2. The maximum Gasteiger partial charge on any atom is 0.267 e. The number of amides is 1. The molecule has 0 saturated heterocycles. The van der Waals surface area contributed by atoms with Crippen LogP contribution in [0.15, 0.2) is 42.5 Å². The smallest absolute Gasteiger partial charge is 0.267 e. The van der Waals surface area contributed by atoms with Gasteiger partial charge in [0.25, 0.3) is 5.91 Å². The van der Waals surface area contributed by atoms with Crippen LogP contribution in [0.5, 0.6) is 11.5 Å². The summed E-state index contributed by atoms with van der Waals surface area (Å²) >= 11 is 0. The van der Waals surface area contributed by atoms with Gasteiger partial charge in [0.2, 0.25) is 6.79 Å². The molecule has 0 saturated carbocycles. The number of benzene rings is 2. The number of rotatable bonds is 4. The number of aromatic amines is 1. The molecule has 1 amide bonds. The van der Waals surface area contributed by atoms with Crippen molar-refractivity contribution < 1.29 is 19.5 Å². The third-order valence-electron chi connectivity index (χ3n) is 3.91. The van der Waals surface area contributed by atoms with Crippen LogP contribution in [-0.4, -0.2) is 27.9 Å². The number of carbonyl (C=O) groups is 1. The lowest BCUT2D eigenvalue weighted by molar-refractivity contribution is -0.124. The van der Waals surface area contributed by atoms with Crippen LogP contribution < -0.4 is 15.0 Å². The van der Waals surface area contributed by atoms with E-state index in [1.54, 1.807) is 11.6 Å². The predicted molar refractivity (Wildman–Crippen MR) is 90.4 cm³/mol. The Labute approximate surface area is 142 Å². The predicted octanol–water partition coefficient (Wildman–Crippen LogP) is 2.40. The van der Waals surface area contributed by atoms with E-state index in [1.165, 1.54) is 6.08 Å². The minimum atomic E-state index is -0.564. The van der Waals surface area contributed by atoms with E-state index < -0.39 is 5.91 Å². The molecule has 0 bridgehead atoms. The van der Waals surface area contributed by atoms with E-state index >= 15 is 0 Å². The number of nitrogens with zero attached hydrogens (tertiary/aromatic N) is 1. The van der Waals surface area contributed by atoms with Crippen LogP contribution in [0.1, 0.15) is 17.0 Å². The van der Waals surface area contributed by atoms with E-state index in [9.17, 15) is 4.79 Å². The van der Waals surface area contributed by atoms with E-state index in [0.29, 0.717) is 12.2 Å². The van der Waals surface area contributed by atoms with E-state index in [4.69, 9.17) is 14.7 Å². The van der Waals surface area contributed by atoms with Gasteiger partial charge in [0.15, 0.2) is 11.5 Å². The summed E-state index contributed by atoms with van der Waals surface area (Å²) in [7, 11) is 0. The number of carbonyl (C=O) groups excluding carboxylic acids is 1. The van der Waals surface area contributed by atoms with Gasteiger partial charge in [0, 0.05) is 24.6 Å². The Morgan fingerprint density at radius 2 is 2.00 bits per heavy atom. The molecule has 126 valence electrons. The lowest BCUT2D eigenvalue weighted by Crippen LogP contribution is -2.14. The SMILES string of the molecule is O=C(/C=C/c1ccc(Cc2nc3cc4c(cc3[nH]2)OCO4)cc1)NO. The molecule has 0 atom stereocenters. The summed E-state index contributed by atoms with van der Waals surface area (Å²) in [6, 6.07) is 11.5. The highest BCUT2D eigenvalue weighted by Gasteiger charge is 2.16. The van der Waals surface area contributed by atoms with Gasteiger partial charge in [-0.05, 0) is 17.2 Å². The Bertz CT molecular complexity index is 919. The fraction of sp³-hybridized carbons (Fsp3) is 0.111. The zero-order valence-electron chi connectivity index (χ0n) is 13.2. The van der Waals surface area contributed by atoms with Gasteiger partial charge >= 0.3 is 0 Å². The molecule has 1 aromatic heterocycles. The van der Waals surface area contributed by atoms with Crippen LogP contribution in [0.4, 0.5) is 0 Å². The number of hydroxylamine groups is 1. The van der Waals surface area contributed by atoms with Gasteiger partial charge in [-0.25, -0.2) is 10.5 Å². The standard InChI is InChI=1S/C18H15N3O4/c22-18(21-23)6-5-11-1-3-12(4-2-11)7-17-19-13-8-15-16(25-10-24-15)9-14(13)20-17/h1-6,8-9,23H,7,10H2,(H,19,20)(H,21,22)/b6-5+. The number of imidazole rings is 1. The highest BCUT2D eigenvalue weighted by Crippen LogP contribution is 2.35. The van der Waals surface area contributed by atoms with Crippen LogP contribution in [0.3, 0.4) is 0 Å². The molecule has 1 aliphatic heterocycles. The van der Waals surface area contributed by atoms with Gasteiger partial charge in [-0.2, -0.15) is 0 Å². The second-order valence-corrected chi connectivity index (χ2v) is 5.63. The van der Waals surface area contributed by atoms with Gasteiger partial charge in [-0.15, -0.1) is 0 Å². The number of ether oxygens (including phenoxy) is 2. The molecule has 3 aromatic rings. The van der Waals surface area contributed by atoms with E-state index in [0.717, 1.165) is 33.7 Å². The van der Waals surface area contributed by atoms with Gasteiger partial charge in [-0.3, -0.25) is 10.0 Å². The summed E-state index contributed by atoms with van der Waals surface area (Å²) in [4.78, 5) is 18.9. The minimum Gasteiger partial charge on any atom is -0.454 e. The molecule has 25 heavy (non-hydrogen) atoms. The van der Waals surface area contributed by atoms with Crippen molar-refractivity contribution in [1.82, 2.24) is 15.4 Å². The summed E-state index contributed by atoms with van der Waals surface area (Å²) in [5, 5.41) is 8.46. The summed E-state index contributed by atoms with van der Waals surface area (Å²) in [6.45, 7) is 0.246. The van der Waals surface area contributed by atoms with Crippen molar-refractivity contribution in [3.63, 3.8) is 0 Å². The number of aromatic nitrogens is 2. The zero-order valence-corrected chi connectivity index (χ0v) is 13.2. The van der Waals surface area contributed by atoms with Crippen LogP contribution in [0.25, 0.3) is 17.1 Å². The van der Waals surface area contributed by atoms with E-state index in [2.05, 4.69) is 9.97 Å². The number of fused-ring (bicyclic) bond motifs is 2. The fourth-order valence-electron chi connectivity index (χ4n) is 2.69.